The lowest BCUT2D eigenvalue weighted by atomic mass is 9.95. The van der Waals surface area contributed by atoms with Gasteiger partial charge in [0, 0.05) is 12.0 Å². The van der Waals surface area contributed by atoms with Gasteiger partial charge in [-0.3, -0.25) is 0 Å². The fraction of sp³-hybridized carbons (Fsp3) is 0.786. The summed E-state index contributed by atoms with van der Waals surface area (Å²) in [6.07, 6.45) is 4.19. The molecule has 0 radical (unpaired) electrons. The van der Waals surface area contributed by atoms with Crippen LogP contribution in [0, 0.1) is 5.92 Å². The molecule has 1 aliphatic heterocycles. The molecule has 0 amide bonds. The highest BCUT2D eigenvalue weighted by Crippen LogP contribution is 2.19. The van der Waals surface area contributed by atoms with Gasteiger partial charge in [-0.2, -0.15) is 0 Å². The quantitative estimate of drug-likeness (QED) is 0.354. The Morgan fingerprint density at radius 1 is 1.44 bits per heavy atom. The van der Waals surface area contributed by atoms with Gasteiger partial charge in [0.1, 0.15) is 12.4 Å². The predicted octanol–water partition coefficient (Wildman–Crippen LogP) is 2.36. The first-order valence-electron chi connectivity index (χ1n) is 6.85. The number of piperidine rings is 1. The van der Waals surface area contributed by atoms with Gasteiger partial charge in [-0.15, -0.1) is 0 Å². The van der Waals surface area contributed by atoms with Crippen LogP contribution in [0.2, 0.25) is 0 Å². The SMILES string of the molecule is C/C=C(\C)CO/N=C(\N)C1CCN(C(C)C)CC1. The van der Waals surface area contributed by atoms with Crippen molar-refractivity contribution < 1.29 is 4.84 Å². The highest BCUT2D eigenvalue weighted by Gasteiger charge is 2.23. The number of amidine groups is 1. The molecule has 1 heterocycles. The Morgan fingerprint density at radius 3 is 2.56 bits per heavy atom. The average molecular weight is 253 g/mol. The zero-order chi connectivity index (χ0) is 13.5. The van der Waals surface area contributed by atoms with Gasteiger partial charge in [-0.05, 0) is 59.2 Å². The molecular weight excluding hydrogens is 226 g/mol. The van der Waals surface area contributed by atoms with Crippen LogP contribution in [0.25, 0.3) is 0 Å². The van der Waals surface area contributed by atoms with E-state index in [1.807, 2.05) is 19.9 Å². The van der Waals surface area contributed by atoms with Gasteiger partial charge >= 0.3 is 0 Å². The van der Waals surface area contributed by atoms with E-state index in [0.29, 0.717) is 24.4 Å². The van der Waals surface area contributed by atoms with Crippen LogP contribution in [0.3, 0.4) is 0 Å². The third kappa shape index (κ3) is 4.69. The van der Waals surface area contributed by atoms with Gasteiger partial charge in [-0.1, -0.05) is 11.2 Å². The molecule has 0 aromatic rings. The van der Waals surface area contributed by atoms with Crippen molar-refractivity contribution in [3.05, 3.63) is 11.6 Å². The maximum atomic E-state index is 5.98. The Morgan fingerprint density at radius 2 is 2.06 bits per heavy atom. The Balaban J connectivity index is 2.35. The fourth-order valence-corrected chi connectivity index (χ4v) is 2.08. The molecule has 0 unspecified atom stereocenters. The molecular formula is C14H27N3O. The van der Waals surface area contributed by atoms with E-state index in [4.69, 9.17) is 10.6 Å². The zero-order valence-corrected chi connectivity index (χ0v) is 12.1. The molecule has 0 spiro atoms. The third-order valence-electron chi connectivity index (χ3n) is 3.63. The van der Waals surface area contributed by atoms with Crippen LogP contribution >= 0.6 is 0 Å². The number of oxime groups is 1. The van der Waals surface area contributed by atoms with Crippen LogP contribution in [-0.4, -0.2) is 36.5 Å². The zero-order valence-electron chi connectivity index (χ0n) is 12.1. The molecule has 0 bridgehead atoms. The van der Waals surface area contributed by atoms with Crippen LogP contribution in [-0.2, 0) is 4.84 Å². The lowest BCUT2D eigenvalue weighted by molar-refractivity contribution is 0.152. The summed E-state index contributed by atoms with van der Waals surface area (Å²) in [6, 6.07) is 0.623. The third-order valence-corrected chi connectivity index (χ3v) is 3.63. The van der Waals surface area contributed by atoms with Crippen molar-refractivity contribution >= 4 is 5.84 Å². The number of nitrogens with zero attached hydrogens (tertiary/aromatic N) is 2. The summed E-state index contributed by atoms with van der Waals surface area (Å²) in [6.45, 7) is 11.2. The summed E-state index contributed by atoms with van der Waals surface area (Å²) in [7, 11) is 0. The van der Waals surface area contributed by atoms with Crippen molar-refractivity contribution in [1.82, 2.24) is 4.90 Å². The predicted molar refractivity (Wildman–Crippen MR) is 76.4 cm³/mol. The summed E-state index contributed by atoms with van der Waals surface area (Å²) in [4.78, 5) is 7.74. The second-order valence-corrected chi connectivity index (χ2v) is 5.33. The maximum Gasteiger partial charge on any atom is 0.142 e. The summed E-state index contributed by atoms with van der Waals surface area (Å²) >= 11 is 0. The minimum absolute atomic E-state index is 0.380. The number of rotatable bonds is 5. The summed E-state index contributed by atoms with van der Waals surface area (Å²) < 4.78 is 0. The minimum atomic E-state index is 0.380. The van der Waals surface area contributed by atoms with Crippen molar-refractivity contribution in [3.8, 4) is 0 Å². The molecule has 4 heteroatoms. The summed E-state index contributed by atoms with van der Waals surface area (Å²) in [5.74, 6) is 1.04. The first-order chi connectivity index (χ1) is 8.54. The van der Waals surface area contributed by atoms with Gasteiger partial charge in [0.25, 0.3) is 0 Å². The van der Waals surface area contributed by atoms with E-state index >= 15 is 0 Å². The molecule has 0 aliphatic carbocycles. The van der Waals surface area contributed by atoms with Crippen LogP contribution in [0.4, 0.5) is 0 Å². The number of hydrogen-bond donors (Lipinski definition) is 1. The van der Waals surface area contributed by atoms with E-state index in [2.05, 4.69) is 23.9 Å². The molecule has 1 fully saturated rings. The van der Waals surface area contributed by atoms with Crippen LogP contribution in [0.1, 0.15) is 40.5 Å². The Kier molecular flexibility index (Phi) is 6.19. The molecule has 104 valence electrons. The number of allylic oxidation sites excluding steroid dienone is 1. The van der Waals surface area contributed by atoms with E-state index < -0.39 is 0 Å². The van der Waals surface area contributed by atoms with Gasteiger partial charge < -0.3 is 15.5 Å². The molecule has 0 atom stereocenters. The lowest BCUT2D eigenvalue weighted by Gasteiger charge is -2.34. The largest absolute Gasteiger partial charge is 0.390 e. The monoisotopic (exact) mass is 253 g/mol. The second-order valence-electron chi connectivity index (χ2n) is 5.33. The summed E-state index contributed by atoms with van der Waals surface area (Å²) in [5, 5.41) is 4.04. The average Bonchev–Trinajstić information content (AvgIpc) is 2.38. The number of nitrogens with two attached hydrogens (primary N) is 1. The van der Waals surface area contributed by atoms with Crippen LogP contribution in [0.15, 0.2) is 16.8 Å². The number of likely N-dealkylation sites (tertiary alicyclic amines) is 1. The standard InChI is InChI=1S/C14H27N3O/c1-5-12(4)10-18-16-14(15)13-6-8-17(9-7-13)11(2)3/h5,11,13H,6-10H2,1-4H3,(H2,15,16)/b12-5+. The smallest absolute Gasteiger partial charge is 0.142 e. The molecule has 2 N–H and O–H groups in total. The first kappa shape index (κ1) is 15.0. The second kappa shape index (κ2) is 7.41. The van der Waals surface area contributed by atoms with Crippen molar-refractivity contribution in [2.24, 2.45) is 16.8 Å². The summed E-state index contributed by atoms with van der Waals surface area (Å²) in [5.41, 5.74) is 7.15. The molecule has 4 nitrogen and oxygen atoms in total. The van der Waals surface area contributed by atoms with Crippen molar-refractivity contribution in [1.29, 1.82) is 0 Å². The Hall–Kier alpha value is -1.03. The number of hydrogen-bond acceptors (Lipinski definition) is 3. The van der Waals surface area contributed by atoms with Crippen LogP contribution in [0.5, 0.6) is 0 Å². The molecule has 0 saturated carbocycles. The van der Waals surface area contributed by atoms with Gasteiger partial charge in [0.05, 0.1) is 0 Å². The van der Waals surface area contributed by atoms with Crippen LogP contribution < -0.4 is 5.73 Å². The van der Waals surface area contributed by atoms with Crippen molar-refractivity contribution in [2.45, 2.75) is 46.6 Å². The van der Waals surface area contributed by atoms with E-state index in [0.717, 1.165) is 25.9 Å². The maximum absolute atomic E-state index is 5.98. The van der Waals surface area contributed by atoms with Crippen molar-refractivity contribution in [2.75, 3.05) is 19.7 Å². The van der Waals surface area contributed by atoms with E-state index in [9.17, 15) is 0 Å². The van der Waals surface area contributed by atoms with E-state index in [1.54, 1.807) is 0 Å². The molecule has 1 rings (SSSR count). The normalized spacial score (nSPS) is 20.5. The van der Waals surface area contributed by atoms with E-state index in [1.165, 1.54) is 5.57 Å². The highest BCUT2D eigenvalue weighted by atomic mass is 16.6. The molecule has 0 aromatic heterocycles. The Labute approximate surface area is 111 Å². The minimum Gasteiger partial charge on any atom is -0.390 e. The van der Waals surface area contributed by atoms with Gasteiger partial charge in [0.2, 0.25) is 0 Å². The fourth-order valence-electron chi connectivity index (χ4n) is 2.08. The highest BCUT2D eigenvalue weighted by molar-refractivity contribution is 5.82. The molecule has 18 heavy (non-hydrogen) atoms. The first-order valence-corrected chi connectivity index (χ1v) is 6.85. The molecule has 0 aromatic carbocycles. The topological polar surface area (TPSA) is 50.9 Å². The lowest BCUT2D eigenvalue weighted by Crippen LogP contribution is -2.41. The Bertz CT molecular complexity index is 302. The molecule has 1 saturated heterocycles. The van der Waals surface area contributed by atoms with E-state index in [-0.39, 0.29) is 0 Å². The van der Waals surface area contributed by atoms with Gasteiger partial charge in [-0.25, -0.2) is 0 Å². The van der Waals surface area contributed by atoms with Crippen molar-refractivity contribution in [3.63, 3.8) is 0 Å². The molecule has 1 aliphatic rings. The van der Waals surface area contributed by atoms with Gasteiger partial charge in [0.15, 0.2) is 0 Å².